The van der Waals surface area contributed by atoms with Gasteiger partial charge in [0.15, 0.2) is 0 Å². The lowest BCUT2D eigenvalue weighted by atomic mass is 10.1. The molecule has 1 amide bonds. The highest BCUT2D eigenvalue weighted by molar-refractivity contribution is 6.36. The minimum atomic E-state index is -0.0575. The van der Waals surface area contributed by atoms with E-state index in [2.05, 4.69) is 37.3 Å². The van der Waals surface area contributed by atoms with E-state index in [-0.39, 0.29) is 11.9 Å². The molecule has 4 heterocycles. The van der Waals surface area contributed by atoms with Crippen molar-refractivity contribution in [2.45, 2.75) is 18.9 Å². The van der Waals surface area contributed by atoms with E-state index < -0.39 is 0 Å². The van der Waals surface area contributed by atoms with Crippen LogP contribution in [-0.4, -0.2) is 54.7 Å². The van der Waals surface area contributed by atoms with E-state index >= 15 is 0 Å². The number of hydrogen-bond acceptors (Lipinski definition) is 6. The van der Waals surface area contributed by atoms with Gasteiger partial charge in [-0.3, -0.25) is 9.48 Å². The normalized spacial score (nSPS) is 16.9. The molecule has 0 unspecified atom stereocenters. The Bertz CT molecular complexity index is 1030. The van der Waals surface area contributed by atoms with Crippen LogP contribution in [-0.2, 0) is 11.8 Å². The summed E-state index contributed by atoms with van der Waals surface area (Å²) >= 11 is 6.35. The van der Waals surface area contributed by atoms with E-state index in [9.17, 15) is 4.79 Å². The van der Waals surface area contributed by atoms with Crippen LogP contribution in [0.5, 0.6) is 0 Å². The van der Waals surface area contributed by atoms with Gasteiger partial charge < -0.3 is 20.5 Å². The molecule has 1 aliphatic heterocycles. The lowest BCUT2D eigenvalue weighted by Crippen LogP contribution is -2.44. The summed E-state index contributed by atoms with van der Waals surface area (Å²) < 4.78 is 1.69. The summed E-state index contributed by atoms with van der Waals surface area (Å²) in [7, 11) is 1.84. The van der Waals surface area contributed by atoms with Gasteiger partial charge in [-0.25, -0.2) is 0 Å². The van der Waals surface area contributed by atoms with Gasteiger partial charge in [-0.05, 0) is 18.9 Å². The van der Waals surface area contributed by atoms with Crippen molar-refractivity contribution < 1.29 is 4.79 Å². The summed E-state index contributed by atoms with van der Waals surface area (Å²) in [5, 5.41) is 12.0. The van der Waals surface area contributed by atoms with Gasteiger partial charge in [0.05, 0.1) is 22.3 Å². The summed E-state index contributed by atoms with van der Waals surface area (Å²) in [4.78, 5) is 25.9. The number of carbonyl (C=O) groups is 1. The molecule has 3 aromatic heterocycles. The summed E-state index contributed by atoms with van der Waals surface area (Å²) in [6.45, 7) is 4.90. The third kappa shape index (κ3) is 3.65. The van der Waals surface area contributed by atoms with Crippen molar-refractivity contribution in [1.29, 1.82) is 0 Å². The SMILES string of the molecule is C=CC(=O)N1CCC[C@@H](Nc2nc(Nc3cnn(C)c3)nc3[nH]cc(Cl)c23)C1. The van der Waals surface area contributed by atoms with Crippen molar-refractivity contribution in [3.05, 3.63) is 36.3 Å². The Balaban J connectivity index is 1.62. The van der Waals surface area contributed by atoms with Crippen molar-refractivity contribution in [3.63, 3.8) is 0 Å². The zero-order valence-corrected chi connectivity index (χ0v) is 16.2. The standard InChI is InChI=1S/C18H21ClN8O/c1-3-14(28)27-6-4-5-11(10-27)22-17-15-13(19)8-20-16(15)24-18(25-17)23-12-7-21-26(2)9-12/h3,7-9,11H,1,4-6,10H2,2H3,(H3,20,22,23,24,25)/t11-/m1/s1. The number of H-pyrrole nitrogens is 1. The molecule has 4 rings (SSSR count). The van der Waals surface area contributed by atoms with Gasteiger partial charge in [-0.2, -0.15) is 15.1 Å². The number of aryl methyl sites for hydroxylation is 1. The summed E-state index contributed by atoms with van der Waals surface area (Å²) in [5.41, 5.74) is 1.41. The molecule has 3 N–H and O–H groups in total. The van der Waals surface area contributed by atoms with Crippen LogP contribution in [0.3, 0.4) is 0 Å². The highest BCUT2D eigenvalue weighted by atomic mass is 35.5. The van der Waals surface area contributed by atoms with E-state index in [1.807, 2.05) is 13.2 Å². The van der Waals surface area contributed by atoms with Gasteiger partial charge in [0.2, 0.25) is 11.9 Å². The Hall–Kier alpha value is -3.07. The van der Waals surface area contributed by atoms with Gasteiger partial charge in [-0.15, -0.1) is 0 Å². The van der Waals surface area contributed by atoms with Crippen molar-refractivity contribution in [1.82, 2.24) is 29.6 Å². The fraction of sp³-hybridized carbons (Fsp3) is 0.333. The van der Waals surface area contributed by atoms with Gasteiger partial charge in [0.1, 0.15) is 11.5 Å². The quantitative estimate of drug-likeness (QED) is 0.569. The average molecular weight is 401 g/mol. The molecule has 9 nitrogen and oxygen atoms in total. The first-order chi connectivity index (χ1) is 13.5. The molecule has 0 bridgehead atoms. The number of hydrogen-bond donors (Lipinski definition) is 3. The molecule has 1 saturated heterocycles. The third-order valence-corrected chi connectivity index (χ3v) is 4.99. The number of aromatic amines is 1. The van der Waals surface area contributed by atoms with E-state index in [0.717, 1.165) is 30.5 Å². The first kappa shape index (κ1) is 18.3. The maximum Gasteiger partial charge on any atom is 0.246 e. The number of halogens is 1. The van der Waals surface area contributed by atoms with Crippen LogP contribution in [0.1, 0.15) is 12.8 Å². The molecule has 0 aromatic carbocycles. The van der Waals surface area contributed by atoms with Crippen LogP contribution in [0.4, 0.5) is 17.5 Å². The Morgan fingerprint density at radius 1 is 1.46 bits per heavy atom. The Morgan fingerprint density at radius 3 is 3.07 bits per heavy atom. The number of piperidine rings is 1. The van der Waals surface area contributed by atoms with E-state index in [0.29, 0.717) is 29.0 Å². The molecule has 0 saturated carbocycles. The molecule has 3 aromatic rings. The smallest absolute Gasteiger partial charge is 0.246 e. The van der Waals surface area contributed by atoms with Crippen LogP contribution < -0.4 is 10.6 Å². The van der Waals surface area contributed by atoms with Crippen LogP contribution in [0.2, 0.25) is 5.02 Å². The number of anilines is 3. The second kappa shape index (κ2) is 7.51. The largest absolute Gasteiger partial charge is 0.365 e. The van der Waals surface area contributed by atoms with Crippen molar-refractivity contribution in [2.24, 2.45) is 7.05 Å². The van der Waals surface area contributed by atoms with Gasteiger partial charge >= 0.3 is 0 Å². The molecule has 1 atom stereocenters. The van der Waals surface area contributed by atoms with Crippen molar-refractivity contribution >= 4 is 46.0 Å². The summed E-state index contributed by atoms with van der Waals surface area (Å²) in [5.74, 6) is 0.995. The maximum absolute atomic E-state index is 12.0. The Labute approximate surface area is 166 Å². The molecule has 146 valence electrons. The Kier molecular flexibility index (Phi) is 4.91. The molecule has 1 fully saturated rings. The molecule has 10 heteroatoms. The number of nitrogens with one attached hydrogen (secondary N) is 3. The van der Waals surface area contributed by atoms with Crippen molar-refractivity contribution in [2.75, 3.05) is 23.7 Å². The highest BCUT2D eigenvalue weighted by Gasteiger charge is 2.24. The molecule has 0 radical (unpaired) electrons. The Morgan fingerprint density at radius 2 is 2.32 bits per heavy atom. The lowest BCUT2D eigenvalue weighted by Gasteiger charge is -2.33. The van der Waals surface area contributed by atoms with Crippen LogP contribution >= 0.6 is 11.6 Å². The lowest BCUT2D eigenvalue weighted by molar-refractivity contribution is -0.127. The molecule has 0 aliphatic carbocycles. The summed E-state index contributed by atoms with van der Waals surface area (Å²) in [6, 6.07) is 0.0629. The van der Waals surface area contributed by atoms with Gasteiger partial charge in [0.25, 0.3) is 0 Å². The zero-order valence-electron chi connectivity index (χ0n) is 15.4. The number of aromatic nitrogens is 5. The van der Waals surface area contributed by atoms with Crippen LogP contribution in [0, 0.1) is 0 Å². The number of amides is 1. The molecule has 0 spiro atoms. The van der Waals surface area contributed by atoms with E-state index in [4.69, 9.17) is 11.6 Å². The molecule has 28 heavy (non-hydrogen) atoms. The number of fused-ring (bicyclic) bond motifs is 1. The first-order valence-electron chi connectivity index (χ1n) is 9.01. The van der Waals surface area contributed by atoms with E-state index in [1.54, 1.807) is 22.0 Å². The average Bonchev–Trinajstić information content (AvgIpc) is 3.27. The van der Waals surface area contributed by atoms with E-state index in [1.165, 1.54) is 6.08 Å². The summed E-state index contributed by atoms with van der Waals surface area (Å²) in [6.07, 6.45) is 8.41. The first-order valence-corrected chi connectivity index (χ1v) is 9.39. The third-order valence-electron chi connectivity index (χ3n) is 4.69. The number of carbonyl (C=O) groups excluding carboxylic acids is 1. The predicted molar refractivity (Wildman–Crippen MR) is 109 cm³/mol. The number of rotatable bonds is 5. The van der Waals surface area contributed by atoms with Crippen LogP contribution in [0.25, 0.3) is 11.0 Å². The van der Waals surface area contributed by atoms with Gasteiger partial charge in [0, 0.05) is 38.6 Å². The maximum atomic E-state index is 12.0. The van der Waals surface area contributed by atoms with Gasteiger partial charge in [-0.1, -0.05) is 18.2 Å². The number of nitrogens with zero attached hydrogens (tertiary/aromatic N) is 5. The highest BCUT2D eigenvalue weighted by Crippen LogP contribution is 2.31. The minimum absolute atomic E-state index is 0.0575. The number of likely N-dealkylation sites (tertiary alicyclic amines) is 1. The topological polar surface area (TPSA) is 104 Å². The fourth-order valence-corrected chi connectivity index (χ4v) is 3.62. The minimum Gasteiger partial charge on any atom is -0.365 e. The molecular weight excluding hydrogens is 380 g/mol. The molecule has 1 aliphatic rings. The fourth-order valence-electron chi connectivity index (χ4n) is 3.39. The predicted octanol–water partition coefficient (Wildman–Crippen LogP) is 2.68. The monoisotopic (exact) mass is 400 g/mol. The second-order valence-corrected chi connectivity index (χ2v) is 7.16. The molecular formula is C18H21ClN8O. The van der Waals surface area contributed by atoms with Crippen LogP contribution in [0.15, 0.2) is 31.2 Å². The van der Waals surface area contributed by atoms with Crippen molar-refractivity contribution in [3.8, 4) is 0 Å². The zero-order chi connectivity index (χ0) is 19.7. The second-order valence-electron chi connectivity index (χ2n) is 6.76.